The topological polar surface area (TPSA) is 50.4 Å². The predicted octanol–water partition coefficient (Wildman–Crippen LogP) is 2.67. The lowest BCUT2D eigenvalue weighted by Crippen LogP contribution is -2.38. The SMILES string of the molecule is CC(Oc1cccc(Br)c1)C(=O)NCC1=CCNCC1.Cl. The van der Waals surface area contributed by atoms with E-state index in [4.69, 9.17) is 4.74 Å². The molecule has 1 amide bonds. The predicted molar refractivity (Wildman–Crippen MR) is 90.1 cm³/mol. The smallest absolute Gasteiger partial charge is 0.261 e. The molecule has 0 aliphatic carbocycles. The molecule has 1 aliphatic rings. The first kappa shape index (κ1) is 18.0. The molecule has 0 aromatic heterocycles. The number of hydrogen-bond acceptors (Lipinski definition) is 3. The third-order valence-corrected chi connectivity index (χ3v) is 3.62. The lowest BCUT2D eigenvalue weighted by Gasteiger charge is -2.17. The van der Waals surface area contributed by atoms with E-state index < -0.39 is 6.10 Å². The van der Waals surface area contributed by atoms with Gasteiger partial charge in [0.1, 0.15) is 5.75 Å². The van der Waals surface area contributed by atoms with Gasteiger partial charge in [0.05, 0.1) is 0 Å². The fraction of sp³-hybridized carbons (Fsp3) is 0.400. The van der Waals surface area contributed by atoms with Crippen LogP contribution in [0.15, 0.2) is 40.4 Å². The average Bonchev–Trinajstić information content (AvgIpc) is 2.46. The Balaban J connectivity index is 0.00000220. The Morgan fingerprint density at radius 2 is 2.33 bits per heavy atom. The number of nitrogens with one attached hydrogen (secondary N) is 2. The second-order valence-corrected chi connectivity index (χ2v) is 5.67. The van der Waals surface area contributed by atoms with Crippen LogP contribution in [-0.2, 0) is 4.79 Å². The summed E-state index contributed by atoms with van der Waals surface area (Å²) in [7, 11) is 0. The summed E-state index contributed by atoms with van der Waals surface area (Å²) in [6, 6.07) is 7.48. The van der Waals surface area contributed by atoms with E-state index in [0.29, 0.717) is 12.3 Å². The summed E-state index contributed by atoms with van der Waals surface area (Å²) in [4.78, 5) is 12.0. The molecule has 0 spiro atoms. The number of amides is 1. The minimum Gasteiger partial charge on any atom is -0.481 e. The molecule has 116 valence electrons. The molecule has 1 aromatic carbocycles. The highest BCUT2D eigenvalue weighted by atomic mass is 79.9. The number of carbonyl (C=O) groups excluding carboxylic acids is 1. The molecule has 4 nitrogen and oxygen atoms in total. The van der Waals surface area contributed by atoms with E-state index in [1.165, 1.54) is 5.57 Å². The summed E-state index contributed by atoms with van der Waals surface area (Å²) in [5.74, 6) is 0.590. The first-order chi connectivity index (χ1) is 9.65. The maximum Gasteiger partial charge on any atom is 0.261 e. The highest BCUT2D eigenvalue weighted by Crippen LogP contribution is 2.18. The van der Waals surface area contributed by atoms with Gasteiger partial charge in [-0.3, -0.25) is 4.79 Å². The molecule has 1 aromatic rings. The quantitative estimate of drug-likeness (QED) is 0.778. The van der Waals surface area contributed by atoms with E-state index in [1.54, 1.807) is 6.92 Å². The van der Waals surface area contributed by atoms with Gasteiger partial charge in [-0.2, -0.15) is 0 Å². The van der Waals surface area contributed by atoms with Crippen LogP contribution in [0.1, 0.15) is 13.3 Å². The van der Waals surface area contributed by atoms with Crippen molar-refractivity contribution >= 4 is 34.2 Å². The van der Waals surface area contributed by atoms with Gasteiger partial charge >= 0.3 is 0 Å². The maximum atomic E-state index is 12.0. The van der Waals surface area contributed by atoms with E-state index in [-0.39, 0.29) is 18.3 Å². The monoisotopic (exact) mass is 374 g/mol. The van der Waals surface area contributed by atoms with Crippen LogP contribution in [0, 0.1) is 0 Å². The molecular weight excluding hydrogens is 356 g/mol. The van der Waals surface area contributed by atoms with Crippen LogP contribution in [0.5, 0.6) is 5.75 Å². The fourth-order valence-electron chi connectivity index (χ4n) is 1.97. The minimum absolute atomic E-state index is 0. The molecule has 2 N–H and O–H groups in total. The van der Waals surface area contributed by atoms with Crippen LogP contribution in [0.2, 0.25) is 0 Å². The zero-order valence-electron chi connectivity index (χ0n) is 11.9. The summed E-state index contributed by atoms with van der Waals surface area (Å²) >= 11 is 3.38. The van der Waals surface area contributed by atoms with Gasteiger partial charge in [0, 0.05) is 17.6 Å². The molecule has 6 heteroatoms. The first-order valence-electron chi connectivity index (χ1n) is 6.74. The number of benzene rings is 1. The van der Waals surface area contributed by atoms with Crippen molar-refractivity contribution in [2.24, 2.45) is 0 Å². The Hall–Kier alpha value is -1.04. The zero-order chi connectivity index (χ0) is 14.4. The number of carbonyl (C=O) groups is 1. The molecule has 0 saturated carbocycles. The van der Waals surface area contributed by atoms with Crippen molar-refractivity contribution in [3.63, 3.8) is 0 Å². The number of hydrogen-bond donors (Lipinski definition) is 2. The Bertz CT molecular complexity index is 508. The van der Waals surface area contributed by atoms with Crippen molar-refractivity contribution in [3.8, 4) is 5.75 Å². The lowest BCUT2D eigenvalue weighted by molar-refractivity contribution is -0.127. The minimum atomic E-state index is -0.508. The van der Waals surface area contributed by atoms with Crippen LogP contribution in [0.25, 0.3) is 0 Å². The summed E-state index contributed by atoms with van der Waals surface area (Å²) in [6.07, 6.45) is 2.61. The molecule has 1 unspecified atom stereocenters. The number of halogens is 2. The number of ether oxygens (including phenoxy) is 1. The molecule has 2 rings (SSSR count). The molecule has 0 bridgehead atoms. The molecular formula is C15H20BrClN2O2. The Kier molecular flexibility index (Phi) is 7.78. The van der Waals surface area contributed by atoms with Gasteiger partial charge in [-0.25, -0.2) is 0 Å². The Morgan fingerprint density at radius 1 is 1.52 bits per heavy atom. The molecule has 1 atom stereocenters. The van der Waals surface area contributed by atoms with Crippen molar-refractivity contribution in [2.75, 3.05) is 19.6 Å². The highest BCUT2D eigenvalue weighted by Gasteiger charge is 2.15. The number of rotatable bonds is 5. The molecule has 1 heterocycles. The van der Waals surface area contributed by atoms with E-state index in [2.05, 4.69) is 32.6 Å². The molecule has 0 radical (unpaired) electrons. The van der Waals surface area contributed by atoms with Crippen LogP contribution in [-0.4, -0.2) is 31.6 Å². The van der Waals surface area contributed by atoms with Gasteiger partial charge in [-0.1, -0.05) is 33.6 Å². The normalized spacial score (nSPS) is 15.4. The van der Waals surface area contributed by atoms with Gasteiger partial charge < -0.3 is 15.4 Å². The summed E-state index contributed by atoms with van der Waals surface area (Å²) in [5, 5.41) is 6.16. The van der Waals surface area contributed by atoms with Gasteiger partial charge in [-0.15, -0.1) is 12.4 Å². The largest absolute Gasteiger partial charge is 0.481 e. The molecule has 1 aliphatic heterocycles. The Morgan fingerprint density at radius 3 is 3.00 bits per heavy atom. The fourth-order valence-corrected chi connectivity index (χ4v) is 2.35. The average molecular weight is 376 g/mol. The Labute approximate surface area is 139 Å². The first-order valence-corrected chi connectivity index (χ1v) is 7.53. The van der Waals surface area contributed by atoms with Crippen molar-refractivity contribution in [3.05, 3.63) is 40.4 Å². The van der Waals surface area contributed by atoms with E-state index in [1.807, 2.05) is 24.3 Å². The lowest BCUT2D eigenvalue weighted by atomic mass is 10.1. The maximum absolute atomic E-state index is 12.0. The van der Waals surface area contributed by atoms with Crippen molar-refractivity contribution in [1.82, 2.24) is 10.6 Å². The van der Waals surface area contributed by atoms with E-state index in [0.717, 1.165) is 24.0 Å². The second-order valence-electron chi connectivity index (χ2n) is 4.75. The van der Waals surface area contributed by atoms with Crippen LogP contribution < -0.4 is 15.4 Å². The van der Waals surface area contributed by atoms with Crippen molar-refractivity contribution in [1.29, 1.82) is 0 Å². The van der Waals surface area contributed by atoms with Gasteiger partial charge in [0.2, 0.25) is 0 Å². The van der Waals surface area contributed by atoms with Gasteiger partial charge in [0.15, 0.2) is 6.10 Å². The highest BCUT2D eigenvalue weighted by molar-refractivity contribution is 9.10. The van der Waals surface area contributed by atoms with Gasteiger partial charge in [0.25, 0.3) is 5.91 Å². The summed E-state index contributed by atoms with van der Waals surface area (Å²) in [5.41, 5.74) is 1.27. The molecule has 0 saturated heterocycles. The third kappa shape index (κ3) is 6.08. The summed E-state index contributed by atoms with van der Waals surface area (Å²) < 4.78 is 6.56. The van der Waals surface area contributed by atoms with Crippen molar-refractivity contribution < 1.29 is 9.53 Å². The van der Waals surface area contributed by atoms with Crippen molar-refractivity contribution in [2.45, 2.75) is 19.4 Å². The van der Waals surface area contributed by atoms with Crippen LogP contribution in [0.4, 0.5) is 0 Å². The van der Waals surface area contributed by atoms with E-state index >= 15 is 0 Å². The molecule has 21 heavy (non-hydrogen) atoms. The van der Waals surface area contributed by atoms with E-state index in [9.17, 15) is 4.79 Å². The van der Waals surface area contributed by atoms with Gasteiger partial charge in [-0.05, 0) is 38.1 Å². The standard InChI is InChI=1S/C15H19BrN2O2.ClH/c1-11(20-14-4-2-3-13(16)9-14)15(19)18-10-12-5-7-17-8-6-12;/h2-5,9,11,17H,6-8,10H2,1H3,(H,18,19);1H. The molecule has 0 fully saturated rings. The third-order valence-electron chi connectivity index (χ3n) is 3.13. The van der Waals surface area contributed by atoms with Crippen LogP contribution in [0.3, 0.4) is 0 Å². The second kappa shape index (κ2) is 9.07. The van der Waals surface area contributed by atoms with Crippen LogP contribution >= 0.6 is 28.3 Å². The zero-order valence-corrected chi connectivity index (χ0v) is 14.3. The summed E-state index contributed by atoms with van der Waals surface area (Å²) in [6.45, 7) is 4.22.